The lowest BCUT2D eigenvalue weighted by Gasteiger charge is -2.27. The van der Waals surface area contributed by atoms with Gasteiger partial charge in [0.15, 0.2) is 17.3 Å². The van der Waals surface area contributed by atoms with Crippen LogP contribution in [-0.2, 0) is 35.1 Å². The molecule has 2 aliphatic heterocycles. The first-order chi connectivity index (χ1) is 29.2. The molecule has 2 aliphatic rings. The van der Waals surface area contributed by atoms with Gasteiger partial charge in [0.25, 0.3) is 17.7 Å². The summed E-state index contributed by atoms with van der Waals surface area (Å²) in [6.07, 6.45) is 3.37. The van der Waals surface area contributed by atoms with Gasteiger partial charge in [0.1, 0.15) is 12.4 Å². The molecule has 1 fully saturated rings. The zero-order valence-electron chi connectivity index (χ0n) is 33.0. The standard InChI is InChI=1S/C39H45N11O10/c1-40-37(54)33-28(10-12-44-47-33)45-29-5-3-4-26(34(29)57-2)35-43-23-49(48-35)15-13-42-31(51)11-16-58-18-20-60-21-19-59-17-14-41-24-6-7-25-27(22-24)39(56)50(38(25)55)30-8-9-32(52)46-36(30)53/h3-7,10,12,22-23,30,41H,8-9,11,13-21H2,1-2H3,(H,40,54)(H,42,51)(H,44,45)(H,46,52,53). The maximum atomic E-state index is 13.0. The largest absolute Gasteiger partial charge is 0.494 e. The molecule has 4 aromatic rings. The molecule has 316 valence electrons. The van der Waals surface area contributed by atoms with Crippen LogP contribution in [0.3, 0.4) is 0 Å². The summed E-state index contributed by atoms with van der Waals surface area (Å²) in [4.78, 5) is 79.6. The van der Waals surface area contributed by atoms with Crippen LogP contribution in [0.25, 0.3) is 11.4 Å². The number of rotatable bonds is 22. The van der Waals surface area contributed by atoms with Crippen molar-refractivity contribution in [1.29, 1.82) is 0 Å². The van der Waals surface area contributed by atoms with Crippen molar-refractivity contribution in [2.75, 3.05) is 77.5 Å². The van der Waals surface area contributed by atoms with Crippen LogP contribution < -0.4 is 31.3 Å². The van der Waals surface area contributed by atoms with Gasteiger partial charge in [-0.3, -0.25) is 43.7 Å². The zero-order chi connectivity index (χ0) is 42.4. The first kappa shape index (κ1) is 42.8. The Morgan fingerprint density at radius 3 is 2.42 bits per heavy atom. The summed E-state index contributed by atoms with van der Waals surface area (Å²) in [6, 6.07) is 10.8. The smallest absolute Gasteiger partial charge is 0.273 e. The summed E-state index contributed by atoms with van der Waals surface area (Å²) in [5, 5.41) is 26.2. The molecule has 21 nitrogen and oxygen atoms in total. The van der Waals surface area contributed by atoms with Crippen LogP contribution in [0.5, 0.6) is 5.75 Å². The van der Waals surface area contributed by atoms with E-state index < -0.39 is 35.6 Å². The van der Waals surface area contributed by atoms with E-state index in [1.807, 2.05) is 6.07 Å². The zero-order valence-corrected chi connectivity index (χ0v) is 33.0. The number of methoxy groups -OCH3 is 1. The lowest BCUT2D eigenvalue weighted by Crippen LogP contribution is -2.54. The van der Waals surface area contributed by atoms with Crippen LogP contribution in [0.1, 0.15) is 50.5 Å². The lowest BCUT2D eigenvalue weighted by molar-refractivity contribution is -0.136. The van der Waals surface area contributed by atoms with Gasteiger partial charge in [0, 0.05) is 38.7 Å². The van der Waals surface area contributed by atoms with Gasteiger partial charge < -0.3 is 40.2 Å². The number of nitrogens with one attached hydrogen (secondary N) is 5. The van der Waals surface area contributed by atoms with Crippen molar-refractivity contribution in [2.24, 2.45) is 0 Å². The second-order valence-electron chi connectivity index (χ2n) is 13.3. The Balaban J connectivity index is 0.804. The Bertz CT molecular complexity index is 2210. The molecule has 0 bridgehead atoms. The Hall–Kier alpha value is -6.84. The number of amides is 6. The monoisotopic (exact) mass is 827 g/mol. The Labute approximate surface area is 343 Å². The molecular formula is C39H45N11O10. The van der Waals surface area contributed by atoms with Crippen molar-refractivity contribution >= 4 is 52.5 Å². The summed E-state index contributed by atoms with van der Waals surface area (Å²) < 4.78 is 23.9. The molecule has 2 aromatic heterocycles. The predicted molar refractivity (Wildman–Crippen MR) is 212 cm³/mol. The lowest BCUT2D eigenvalue weighted by atomic mass is 10.0. The number of hydrogen-bond acceptors (Lipinski definition) is 16. The maximum Gasteiger partial charge on any atom is 0.273 e. The van der Waals surface area contributed by atoms with Crippen molar-refractivity contribution in [1.82, 2.24) is 45.8 Å². The molecule has 21 heteroatoms. The van der Waals surface area contributed by atoms with Crippen LogP contribution in [0.2, 0.25) is 0 Å². The number of hydrogen-bond donors (Lipinski definition) is 5. The van der Waals surface area contributed by atoms with Gasteiger partial charge >= 0.3 is 0 Å². The van der Waals surface area contributed by atoms with E-state index in [1.165, 1.54) is 20.4 Å². The van der Waals surface area contributed by atoms with E-state index in [2.05, 4.69) is 46.9 Å². The van der Waals surface area contributed by atoms with Crippen LogP contribution in [0.15, 0.2) is 55.0 Å². The first-order valence-corrected chi connectivity index (χ1v) is 19.2. The third kappa shape index (κ3) is 10.6. The van der Waals surface area contributed by atoms with Gasteiger partial charge in [0.2, 0.25) is 17.7 Å². The number of anilines is 3. The van der Waals surface area contributed by atoms with Gasteiger partial charge in [-0.2, -0.15) is 10.2 Å². The van der Waals surface area contributed by atoms with Crippen LogP contribution >= 0.6 is 0 Å². The number of benzene rings is 2. The molecule has 1 atom stereocenters. The number of ether oxygens (including phenoxy) is 4. The number of piperidine rings is 1. The van der Waals surface area contributed by atoms with Gasteiger partial charge in [-0.25, -0.2) is 4.98 Å². The number of fused-ring (bicyclic) bond motifs is 1. The van der Waals surface area contributed by atoms with Crippen LogP contribution in [-0.4, -0.2) is 138 Å². The highest BCUT2D eigenvalue weighted by Crippen LogP contribution is 2.37. The second-order valence-corrected chi connectivity index (χ2v) is 13.3. The van der Waals surface area contributed by atoms with Crippen molar-refractivity contribution in [2.45, 2.75) is 31.8 Å². The van der Waals surface area contributed by atoms with Crippen molar-refractivity contribution in [3.63, 3.8) is 0 Å². The molecule has 0 radical (unpaired) electrons. The molecule has 2 aromatic carbocycles. The van der Waals surface area contributed by atoms with Crippen LogP contribution in [0, 0.1) is 0 Å². The molecule has 0 saturated carbocycles. The van der Waals surface area contributed by atoms with Gasteiger partial charge in [-0.05, 0) is 42.8 Å². The fourth-order valence-electron chi connectivity index (χ4n) is 6.37. The summed E-state index contributed by atoms with van der Waals surface area (Å²) in [5.74, 6) is -1.89. The summed E-state index contributed by atoms with van der Waals surface area (Å²) in [5.41, 5.74) is 2.78. The van der Waals surface area contributed by atoms with E-state index >= 15 is 0 Å². The first-order valence-electron chi connectivity index (χ1n) is 19.2. The van der Waals surface area contributed by atoms with E-state index in [0.29, 0.717) is 86.9 Å². The quantitative estimate of drug-likeness (QED) is 0.0545. The number of nitrogens with zero attached hydrogens (tertiary/aromatic N) is 6. The van der Waals surface area contributed by atoms with E-state index in [1.54, 1.807) is 47.4 Å². The van der Waals surface area contributed by atoms with E-state index in [0.717, 1.165) is 4.90 Å². The molecule has 6 rings (SSSR count). The molecule has 6 amide bonds. The van der Waals surface area contributed by atoms with Crippen molar-refractivity contribution < 1.29 is 47.7 Å². The third-order valence-electron chi connectivity index (χ3n) is 9.32. The van der Waals surface area contributed by atoms with E-state index in [4.69, 9.17) is 18.9 Å². The summed E-state index contributed by atoms with van der Waals surface area (Å²) in [6.45, 7) is 3.06. The molecule has 60 heavy (non-hydrogen) atoms. The summed E-state index contributed by atoms with van der Waals surface area (Å²) >= 11 is 0. The Kier molecular flexibility index (Phi) is 14.8. The second kappa shape index (κ2) is 20.7. The Morgan fingerprint density at radius 1 is 0.883 bits per heavy atom. The fraction of sp³-hybridized carbons (Fsp3) is 0.385. The van der Waals surface area contributed by atoms with E-state index in [9.17, 15) is 28.8 Å². The number of para-hydroxylation sites is 1. The Morgan fingerprint density at radius 2 is 1.65 bits per heavy atom. The van der Waals surface area contributed by atoms with Crippen LogP contribution in [0.4, 0.5) is 17.1 Å². The van der Waals surface area contributed by atoms with Gasteiger partial charge in [-0.1, -0.05) is 6.07 Å². The van der Waals surface area contributed by atoms with Gasteiger partial charge in [-0.15, -0.1) is 5.10 Å². The average Bonchev–Trinajstić information content (AvgIpc) is 3.82. The topological polar surface area (TPSA) is 259 Å². The minimum Gasteiger partial charge on any atom is -0.494 e. The third-order valence-corrected chi connectivity index (χ3v) is 9.32. The number of imide groups is 2. The molecule has 1 unspecified atom stereocenters. The number of carbonyl (C=O) groups excluding carboxylic acids is 6. The molecule has 4 heterocycles. The van der Waals surface area contributed by atoms with Crippen molar-refractivity contribution in [3.8, 4) is 17.1 Å². The average molecular weight is 828 g/mol. The maximum absolute atomic E-state index is 13.0. The number of aromatic nitrogens is 5. The molecule has 5 N–H and O–H groups in total. The minimum absolute atomic E-state index is 0.0572. The highest BCUT2D eigenvalue weighted by molar-refractivity contribution is 6.23. The summed E-state index contributed by atoms with van der Waals surface area (Å²) in [7, 11) is 3.03. The SMILES string of the molecule is CNC(=O)c1nnccc1Nc1cccc(-c2ncn(CCNC(=O)CCOCCOCCOCCNc3ccc4c(c3)C(=O)N(C3CCC(=O)NC3=O)C4=O)n2)c1OC. The minimum atomic E-state index is -1.01. The molecule has 0 aliphatic carbocycles. The molecule has 0 spiro atoms. The normalized spacial score (nSPS) is 14.8. The van der Waals surface area contributed by atoms with Gasteiger partial charge in [0.05, 0.1) is 87.6 Å². The highest BCUT2D eigenvalue weighted by Gasteiger charge is 2.44. The van der Waals surface area contributed by atoms with E-state index in [-0.39, 0.29) is 48.6 Å². The number of carbonyl (C=O) groups is 6. The fourth-order valence-corrected chi connectivity index (χ4v) is 6.37. The molecule has 1 saturated heterocycles. The highest BCUT2D eigenvalue weighted by atomic mass is 16.5. The molecular weight excluding hydrogens is 782 g/mol. The predicted octanol–water partition coefficient (Wildman–Crippen LogP) is 0.916. The van der Waals surface area contributed by atoms with Crippen molar-refractivity contribution in [3.05, 3.63) is 71.8 Å².